The van der Waals surface area contributed by atoms with Gasteiger partial charge in [-0.2, -0.15) is 5.26 Å². The van der Waals surface area contributed by atoms with Crippen LogP contribution in [0, 0.1) is 23.2 Å². The third-order valence-corrected chi connectivity index (χ3v) is 3.64. The number of ether oxygens (including phenoxy) is 1. The summed E-state index contributed by atoms with van der Waals surface area (Å²) in [5, 5.41) is 17.9. The van der Waals surface area contributed by atoms with Crippen LogP contribution in [-0.2, 0) is 4.74 Å². The molecule has 3 nitrogen and oxygen atoms in total. The molecular weight excluding hydrogens is 178 g/mol. The highest BCUT2D eigenvalue weighted by Gasteiger charge is 2.52. The number of nitrogens with zero attached hydrogens (tertiary/aromatic N) is 1. The van der Waals surface area contributed by atoms with Gasteiger partial charge in [0.05, 0.1) is 12.7 Å². The summed E-state index contributed by atoms with van der Waals surface area (Å²) in [4.78, 5) is 0. The Morgan fingerprint density at radius 2 is 2.36 bits per heavy atom. The second kappa shape index (κ2) is 3.88. The van der Waals surface area contributed by atoms with E-state index in [0.29, 0.717) is 24.9 Å². The topological polar surface area (TPSA) is 53.2 Å². The van der Waals surface area contributed by atoms with Crippen LogP contribution < -0.4 is 0 Å². The van der Waals surface area contributed by atoms with E-state index >= 15 is 0 Å². The summed E-state index contributed by atoms with van der Waals surface area (Å²) in [7, 11) is 0. The number of aliphatic hydroxyl groups is 1. The molecule has 0 amide bonds. The van der Waals surface area contributed by atoms with E-state index in [1.807, 2.05) is 0 Å². The lowest BCUT2D eigenvalue weighted by molar-refractivity contribution is -0.0445. The molecule has 78 valence electrons. The van der Waals surface area contributed by atoms with Crippen molar-refractivity contribution in [2.45, 2.75) is 37.7 Å². The van der Waals surface area contributed by atoms with Gasteiger partial charge in [0, 0.05) is 12.5 Å². The van der Waals surface area contributed by atoms with E-state index in [9.17, 15) is 5.26 Å². The number of nitriles is 1. The van der Waals surface area contributed by atoms with Gasteiger partial charge in [0.25, 0.3) is 0 Å². The van der Waals surface area contributed by atoms with Crippen molar-refractivity contribution in [3.63, 3.8) is 0 Å². The van der Waals surface area contributed by atoms with Crippen molar-refractivity contribution >= 4 is 0 Å². The van der Waals surface area contributed by atoms with Gasteiger partial charge in [0.1, 0.15) is 0 Å². The fraction of sp³-hybridized carbons (Fsp3) is 0.909. The van der Waals surface area contributed by atoms with Gasteiger partial charge in [-0.15, -0.1) is 0 Å². The molecule has 3 unspecified atom stereocenters. The molecule has 0 heterocycles. The minimum Gasteiger partial charge on any atom is -0.396 e. The lowest BCUT2D eigenvalue weighted by Gasteiger charge is -2.30. The van der Waals surface area contributed by atoms with Gasteiger partial charge in [0.2, 0.25) is 0 Å². The molecule has 3 heteroatoms. The molecule has 14 heavy (non-hydrogen) atoms. The molecule has 0 aliphatic heterocycles. The van der Waals surface area contributed by atoms with Gasteiger partial charge in [0.15, 0.2) is 5.60 Å². The van der Waals surface area contributed by atoms with Crippen LogP contribution in [0.3, 0.4) is 0 Å². The third-order valence-electron chi connectivity index (χ3n) is 3.64. The maximum Gasteiger partial charge on any atom is 0.157 e. The minimum atomic E-state index is -0.502. The number of rotatable bonds is 4. The van der Waals surface area contributed by atoms with E-state index in [1.54, 1.807) is 0 Å². The zero-order valence-electron chi connectivity index (χ0n) is 8.41. The van der Waals surface area contributed by atoms with Crippen molar-refractivity contribution in [3.05, 3.63) is 0 Å². The van der Waals surface area contributed by atoms with E-state index in [2.05, 4.69) is 6.07 Å². The highest BCUT2D eigenvalue weighted by atomic mass is 16.5. The van der Waals surface area contributed by atoms with Crippen molar-refractivity contribution < 1.29 is 9.84 Å². The largest absolute Gasteiger partial charge is 0.396 e. The van der Waals surface area contributed by atoms with Crippen LogP contribution in [-0.4, -0.2) is 23.9 Å². The molecule has 0 aromatic carbocycles. The zero-order valence-corrected chi connectivity index (χ0v) is 8.41. The highest BCUT2D eigenvalue weighted by molar-refractivity contribution is 5.14. The molecule has 3 atom stereocenters. The molecule has 2 aliphatic rings. The molecule has 2 rings (SSSR count). The first-order valence-electron chi connectivity index (χ1n) is 5.47. The van der Waals surface area contributed by atoms with E-state index in [0.717, 1.165) is 12.8 Å². The molecule has 1 N–H and O–H groups in total. The maximum atomic E-state index is 9.20. The van der Waals surface area contributed by atoms with Crippen LogP contribution >= 0.6 is 0 Å². The van der Waals surface area contributed by atoms with E-state index in [1.165, 1.54) is 12.8 Å². The van der Waals surface area contributed by atoms with Gasteiger partial charge in [-0.05, 0) is 38.0 Å². The van der Waals surface area contributed by atoms with E-state index in [-0.39, 0.29) is 6.61 Å². The van der Waals surface area contributed by atoms with Gasteiger partial charge in [-0.25, -0.2) is 0 Å². The average molecular weight is 195 g/mol. The molecule has 2 fully saturated rings. The second-order valence-corrected chi connectivity index (χ2v) is 4.51. The summed E-state index contributed by atoms with van der Waals surface area (Å²) in [6.45, 7) is 0.670. The van der Waals surface area contributed by atoms with Crippen molar-refractivity contribution in [2.24, 2.45) is 11.8 Å². The molecule has 0 aromatic heterocycles. The lowest BCUT2D eigenvalue weighted by atomic mass is 9.85. The Morgan fingerprint density at radius 1 is 1.50 bits per heavy atom. The molecule has 0 radical (unpaired) electrons. The van der Waals surface area contributed by atoms with Gasteiger partial charge < -0.3 is 9.84 Å². The molecule has 0 spiro atoms. The minimum absolute atomic E-state index is 0.148. The van der Waals surface area contributed by atoms with E-state index < -0.39 is 5.60 Å². The van der Waals surface area contributed by atoms with Gasteiger partial charge in [-0.1, -0.05) is 0 Å². The normalized spacial score (nSPS) is 40.0. The smallest absolute Gasteiger partial charge is 0.157 e. The molecule has 0 aromatic rings. The molecule has 2 aliphatic carbocycles. The standard InChI is InChI=1S/C11H17NO2/c12-8-11(14-5-1-4-13)7-9-2-3-10(11)6-9/h9-10,13H,1-7H2. The highest BCUT2D eigenvalue weighted by Crippen LogP contribution is 2.52. The summed E-state index contributed by atoms with van der Waals surface area (Å²) in [6.07, 6.45) is 5.15. The molecular formula is C11H17NO2. The summed E-state index contributed by atoms with van der Waals surface area (Å²) in [5.41, 5.74) is -0.502. The first kappa shape index (κ1) is 9.95. The van der Waals surface area contributed by atoms with Crippen molar-refractivity contribution in [1.29, 1.82) is 5.26 Å². The van der Waals surface area contributed by atoms with Crippen LogP contribution in [0.2, 0.25) is 0 Å². The van der Waals surface area contributed by atoms with Crippen LogP contribution in [0.1, 0.15) is 32.1 Å². The predicted octanol–water partition coefficient (Wildman–Crippen LogP) is 1.47. The number of fused-ring (bicyclic) bond motifs is 2. The van der Waals surface area contributed by atoms with Crippen LogP contribution in [0.4, 0.5) is 0 Å². The fourth-order valence-electron chi connectivity index (χ4n) is 2.94. The SMILES string of the molecule is N#CC1(OCCCO)CC2CCC1C2. The zero-order chi connectivity index (χ0) is 10.0. The first-order chi connectivity index (χ1) is 6.80. The predicted molar refractivity (Wildman–Crippen MR) is 51.4 cm³/mol. The molecule has 2 saturated carbocycles. The van der Waals surface area contributed by atoms with E-state index in [4.69, 9.17) is 9.84 Å². The van der Waals surface area contributed by atoms with Crippen LogP contribution in [0.15, 0.2) is 0 Å². The van der Waals surface area contributed by atoms with Crippen molar-refractivity contribution in [2.75, 3.05) is 13.2 Å². The summed E-state index contributed by atoms with van der Waals surface area (Å²) in [5.74, 6) is 1.17. The summed E-state index contributed by atoms with van der Waals surface area (Å²) < 4.78 is 5.69. The summed E-state index contributed by atoms with van der Waals surface area (Å²) >= 11 is 0. The monoisotopic (exact) mass is 195 g/mol. The Hall–Kier alpha value is -0.590. The average Bonchev–Trinajstić information content (AvgIpc) is 2.78. The molecule has 0 saturated heterocycles. The Bertz CT molecular complexity index is 248. The Morgan fingerprint density at radius 3 is 2.86 bits per heavy atom. The Kier molecular flexibility index (Phi) is 2.76. The second-order valence-electron chi connectivity index (χ2n) is 4.51. The van der Waals surface area contributed by atoms with Crippen molar-refractivity contribution in [3.8, 4) is 6.07 Å². The number of hydrogen-bond acceptors (Lipinski definition) is 3. The number of hydrogen-bond donors (Lipinski definition) is 1. The molecule has 2 bridgehead atoms. The van der Waals surface area contributed by atoms with Gasteiger partial charge in [-0.3, -0.25) is 0 Å². The van der Waals surface area contributed by atoms with Crippen LogP contribution in [0.5, 0.6) is 0 Å². The first-order valence-corrected chi connectivity index (χ1v) is 5.47. The number of aliphatic hydroxyl groups excluding tert-OH is 1. The quantitative estimate of drug-likeness (QED) is 0.691. The summed E-state index contributed by atoms with van der Waals surface area (Å²) in [6, 6.07) is 2.36. The fourth-order valence-corrected chi connectivity index (χ4v) is 2.94. The van der Waals surface area contributed by atoms with Gasteiger partial charge >= 0.3 is 0 Å². The Labute approximate surface area is 84.7 Å². The third kappa shape index (κ3) is 1.53. The lowest BCUT2D eigenvalue weighted by Crippen LogP contribution is -2.37. The Balaban J connectivity index is 1.95. The maximum absolute atomic E-state index is 9.20. The van der Waals surface area contributed by atoms with Crippen molar-refractivity contribution in [1.82, 2.24) is 0 Å². The van der Waals surface area contributed by atoms with Crippen LogP contribution in [0.25, 0.3) is 0 Å².